The van der Waals surface area contributed by atoms with Gasteiger partial charge in [0.25, 0.3) is 0 Å². The third-order valence-electron chi connectivity index (χ3n) is 3.44. The van der Waals surface area contributed by atoms with E-state index in [4.69, 9.17) is 0 Å². The Morgan fingerprint density at radius 2 is 1.78 bits per heavy atom. The van der Waals surface area contributed by atoms with Gasteiger partial charge in [0.15, 0.2) is 5.78 Å². The Labute approximate surface area is 119 Å². The van der Waals surface area contributed by atoms with Gasteiger partial charge in [-0.05, 0) is 37.5 Å². The van der Waals surface area contributed by atoms with Gasteiger partial charge >= 0.3 is 0 Å². The zero-order valence-electron chi connectivity index (χ0n) is 11.6. The third kappa shape index (κ3) is 3.94. The summed E-state index contributed by atoms with van der Waals surface area (Å²) in [5.74, 6) is 0.611. The maximum Gasteiger partial charge on any atom is 0.166 e. The summed E-state index contributed by atoms with van der Waals surface area (Å²) < 4.78 is 0.997. The molecule has 0 N–H and O–H groups in total. The molecule has 1 aromatic carbocycles. The summed E-state index contributed by atoms with van der Waals surface area (Å²) in [6.07, 6.45) is 5.86. The second-order valence-electron chi connectivity index (χ2n) is 4.66. The Balaban J connectivity index is 0.000000771. The zero-order valence-corrected chi connectivity index (χ0v) is 13.2. The van der Waals surface area contributed by atoms with Crippen molar-refractivity contribution >= 4 is 21.7 Å². The van der Waals surface area contributed by atoms with E-state index < -0.39 is 0 Å². The molecule has 1 aromatic rings. The standard InChI is InChI=1S/C14H17BrO.C2H6/c1-10-7-8-12(15)9-13(10)14(16)11-5-3-2-4-6-11;1-2/h7-9,11H,2-6H2,1H3;1-2H3. The van der Waals surface area contributed by atoms with Crippen LogP contribution in [0.4, 0.5) is 0 Å². The Morgan fingerprint density at radius 3 is 2.39 bits per heavy atom. The average Bonchev–Trinajstić information content (AvgIpc) is 2.44. The van der Waals surface area contributed by atoms with Crippen molar-refractivity contribution in [1.29, 1.82) is 0 Å². The highest BCUT2D eigenvalue weighted by Gasteiger charge is 2.23. The van der Waals surface area contributed by atoms with Crippen molar-refractivity contribution < 1.29 is 4.79 Å². The second kappa shape index (κ2) is 7.73. The van der Waals surface area contributed by atoms with Crippen LogP contribution < -0.4 is 0 Å². The largest absolute Gasteiger partial charge is 0.294 e. The molecule has 0 radical (unpaired) electrons. The molecule has 0 unspecified atom stereocenters. The fraction of sp³-hybridized carbons (Fsp3) is 0.562. The summed E-state index contributed by atoms with van der Waals surface area (Å²) in [4.78, 5) is 12.4. The normalized spacial score (nSPS) is 15.8. The van der Waals surface area contributed by atoms with Gasteiger partial charge in [-0.1, -0.05) is 55.1 Å². The molecule has 1 aliphatic carbocycles. The van der Waals surface area contributed by atoms with Crippen LogP contribution in [0.1, 0.15) is 61.9 Å². The molecular weight excluding hydrogens is 288 g/mol. The molecule has 0 bridgehead atoms. The van der Waals surface area contributed by atoms with Gasteiger partial charge in [-0.2, -0.15) is 0 Å². The van der Waals surface area contributed by atoms with Gasteiger partial charge in [-0.25, -0.2) is 0 Å². The lowest BCUT2D eigenvalue weighted by atomic mass is 9.83. The van der Waals surface area contributed by atoms with E-state index in [0.29, 0.717) is 5.78 Å². The van der Waals surface area contributed by atoms with E-state index in [0.717, 1.165) is 28.4 Å². The van der Waals surface area contributed by atoms with E-state index in [-0.39, 0.29) is 5.92 Å². The van der Waals surface area contributed by atoms with Crippen molar-refractivity contribution in [3.8, 4) is 0 Å². The van der Waals surface area contributed by atoms with Gasteiger partial charge in [0.05, 0.1) is 0 Å². The fourth-order valence-corrected chi connectivity index (χ4v) is 2.81. The van der Waals surface area contributed by atoms with E-state index in [9.17, 15) is 4.79 Å². The highest BCUT2D eigenvalue weighted by molar-refractivity contribution is 9.10. The highest BCUT2D eigenvalue weighted by atomic mass is 79.9. The van der Waals surface area contributed by atoms with E-state index in [1.807, 2.05) is 39.0 Å². The van der Waals surface area contributed by atoms with Crippen LogP contribution in [-0.2, 0) is 0 Å². The zero-order chi connectivity index (χ0) is 13.5. The van der Waals surface area contributed by atoms with Gasteiger partial charge < -0.3 is 0 Å². The van der Waals surface area contributed by atoms with Crippen LogP contribution >= 0.6 is 15.9 Å². The fourth-order valence-electron chi connectivity index (χ4n) is 2.44. The van der Waals surface area contributed by atoms with Crippen molar-refractivity contribution in [3.05, 3.63) is 33.8 Å². The van der Waals surface area contributed by atoms with Crippen LogP contribution in [0, 0.1) is 12.8 Å². The number of ketones is 1. The Hall–Kier alpha value is -0.630. The summed E-state index contributed by atoms with van der Waals surface area (Å²) in [5, 5.41) is 0. The molecule has 0 spiro atoms. The van der Waals surface area contributed by atoms with Crippen molar-refractivity contribution in [3.63, 3.8) is 0 Å². The Bertz CT molecular complexity index is 392. The molecule has 0 saturated heterocycles. The van der Waals surface area contributed by atoms with Gasteiger partial charge in [0, 0.05) is 16.0 Å². The molecule has 0 atom stereocenters. The smallest absolute Gasteiger partial charge is 0.166 e. The first-order valence-corrected chi connectivity index (χ1v) is 7.78. The van der Waals surface area contributed by atoms with E-state index in [2.05, 4.69) is 15.9 Å². The minimum absolute atomic E-state index is 0.266. The van der Waals surface area contributed by atoms with E-state index in [1.54, 1.807) is 0 Å². The molecule has 1 nitrogen and oxygen atoms in total. The predicted octanol–water partition coefficient (Wildman–Crippen LogP) is 5.55. The average molecular weight is 311 g/mol. The summed E-state index contributed by atoms with van der Waals surface area (Å²) >= 11 is 3.44. The first kappa shape index (κ1) is 15.4. The SMILES string of the molecule is CC.Cc1ccc(Br)cc1C(=O)C1CCCCC1. The number of Topliss-reactive ketones (excluding diaryl/α,β-unsaturated/α-hetero) is 1. The summed E-state index contributed by atoms with van der Waals surface area (Å²) in [6, 6.07) is 5.97. The summed E-state index contributed by atoms with van der Waals surface area (Å²) in [5.41, 5.74) is 2.00. The van der Waals surface area contributed by atoms with Crippen molar-refractivity contribution in [1.82, 2.24) is 0 Å². The molecule has 18 heavy (non-hydrogen) atoms. The van der Waals surface area contributed by atoms with Crippen LogP contribution in [0.3, 0.4) is 0 Å². The highest BCUT2D eigenvalue weighted by Crippen LogP contribution is 2.28. The van der Waals surface area contributed by atoms with Crippen LogP contribution in [0.15, 0.2) is 22.7 Å². The number of benzene rings is 1. The third-order valence-corrected chi connectivity index (χ3v) is 3.93. The van der Waals surface area contributed by atoms with Crippen LogP contribution in [0.5, 0.6) is 0 Å². The topological polar surface area (TPSA) is 17.1 Å². The lowest BCUT2D eigenvalue weighted by molar-refractivity contribution is 0.0889. The minimum atomic E-state index is 0.266. The number of hydrogen-bond donors (Lipinski definition) is 0. The number of carbonyl (C=O) groups excluding carboxylic acids is 1. The molecule has 1 saturated carbocycles. The second-order valence-corrected chi connectivity index (χ2v) is 5.57. The minimum Gasteiger partial charge on any atom is -0.294 e. The molecule has 0 aliphatic heterocycles. The molecule has 0 heterocycles. The Morgan fingerprint density at radius 1 is 1.17 bits per heavy atom. The predicted molar refractivity (Wildman–Crippen MR) is 81.1 cm³/mol. The van der Waals surface area contributed by atoms with Gasteiger partial charge in [0.2, 0.25) is 0 Å². The van der Waals surface area contributed by atoms with Gasteiger partial charge in [-0.3, -0.25) is 4.79 Å². The summed E-state index contributed by atoms with van der Waals surface area (Å²) in [7, 11) is 0. The quantitative estimate of drug-likeness (QED) is 0.655. The molecule has 1 fully saturated rings. The first-order valence-electron chi connectivity index (χ1n) is 6.99. The van der Waals surface area contributed by atoms with Crippen molar-refractivity contribution in [2.45, 2.75) is 52.9 Å². The molecule has 1 aliphatic rings. The molecule has 100 valence electrons. The van der Waals surface area contributed by atoms with Crippen LogP contribution in [0.25, 0.3) is 0 Å². The number of halogens is 1. The van der Waals surface area contributed by atoms with E-state index in [1.165, 1.54) is 19.3 Å². The number of aryl methyl sites for hydroxylation is 1. The van der Waals surface area contributed by atoms with Crippen molar-refractivity contribution in [2.24, 2.45) is 5.92 Å². The van der Waals surface area contributed by atoms with Crippen molar-refractivity contribution in [2.75, 3.05) is 0 Å². The molecule has 0 aromatic heterocycles. The number of carbonyl (C=O) groups is 1. The van der Waals surface area contributed by atoms with Crippen LogP contribution in [0.2, 0.25) is 0 Å². The first-order chi connectivity index (χ1) is 8.68. The number of hydrogen-bond acceptors (Lipinski definition) is 1. The summed E-state index contributed by atoms with van der Waals surface area (Å²) in [6.45, 7) is 6.02. The Kier molecular flexibility index (Phi) is 6.62. The maximum absolute atomic E-state index is 12.4. The monoisotopic (exact) mass is 310 g/mol. The molecule has 2 rings (SSSR count). The molecule has 2 heteroatoms. The number of rotatable bonds is 2. The molecular formula is C16H23BrO. The maximum atomic E-state index is 12.4. The molecule has 0 amide bonds. The van der Waals surface area contributed by atoms with Crippen LogP contribution in [-0.4, -0.2) is 5.78 Å². The van der Waals surface area contributed by atoms with E-state index >= 15 is 0 Å². The lowest BCUT2D eigenvalue weighted by Crippen LogP contribution is -2.18. The van der Waals surface area contributed by atoms with Gasteiger partial charge in [0.1, 0.15) is 0 Å². The van der Waals surface area contributed by atoms with Gasteiger partial charge in [-0.15, -0.1) is 0 Å². The lowest BCUT2D eigenvalue weighted by Gasteiger charge is -2.21.